The Bertz CT molecular complexity index is 1150. The maximum atomic E-state index is 12.8. The van der Waals surface area contributed by atoms with E-state index in [2.05, 4.69) is 6.07 Å². The number of aryl methyl sites for hydroxylation is 1. The van der Waals surface area contributed by atoms with E-state index < -0.39 is 5.97 Å². The number of aromatic nitrogens is 1. The lowest BCUT2D eigenvalue weighted by Gasteiger charge is -2.11. The quantitative estimate of drug-likeness (QED) is 0.403. The third-order valence-corrected chi connectivity index (χ3v) is 5.21. The van der Waals surface area contributed by atoms with Crippen LogP contribution >= 0.6 is 0 Å². The van der Waals surface area contributed by atoms with Crippen LogP contribution in [0.5, 0.6) is 0 Å². The molecule has 0 N–H and O–H groups in total. The van der Waals surface area contributed by atoms with Crippen LogP contribution in [0.15, 0.2) is 54.6 Å². The minimum Gasteiger partial charge on any atom is -0.454 e. The zero-order chi connectivity index (χ0) is 22.4. The molecule has 0 radical (unpaired) electrons. The van der Waals surface area contributed by atoms with Crippen LogP contribution in [-0.2, 0) is 16.0 Å². The van der Waals surface area contributed by atoms with Crippen molar-refractivity contribution in [3.05, 3.63) is 82.7 Å². The number of hydrogen-bond acceptors (Lipinski definition) is 5. The van der Waals surface area contributed by atoms with Crippen LogP contribution in [0.25, 0.3) is 11.1 Å². The highest BCUT2D eigenvalue weighted by Crippen LogP contribution is 2.27. The highest BCUT2D eigenvalue weighted by atomic mass is 16.5. The Balaban J connectivity index is 1.78. The van der Waals surface area contributed by atoms with Crippen molar-refractivity contribution in [1.82, 2.24) is 4.57 Å². The molecule has 31 heavy (non-hydrogen) atoms. The average molecular weight is 416 g/mol. The van der Waals surface area contributed by atoms with Gasteiger partial charge >= 0.3 is 5.97 Å². The van der Waals surface area contributed by atoms with Gasteiger partial charge in [0.2, 0.25) is 5.78 Å². The second kappa shape index (κ2) is 9.88. The molecule has 0 saturated carbocycles. The Morgan fingerprint density at radius 3 is 2.39 bits per heavy atom. The molecule has 1 heterocycles. The van der Waals surface area contributed by atoms with Gasteiger partial charge in [0.15, 0.2) is 6.61 Å². The van der Waals surface area contributed by atoms with E-state index in [4.69, 9.17) is 9.47 Å². The van der Waals surface area contributed by atoms with Crippen LogP contribution in [0.4, 0.5) is 0 Å². The maximum absolute atomic E-state index is 12.8. The molecule has 0 amide bonds. The molecule has 0 atom stereocenters. The van der Waals surface area contributed by atoms with E-state index in [-0.39, 0.29) is 12.4 Å². The number of carbonyl (C=O) groups is 2. The predicted molar refractivity (Wildman–Crippen MR) is 117 cm³/mol. The van der Waals surface area contributed by atoms with Crippen molar-refractivity contribution < 1.29 is 19.1 Å². The van der Waals surface area contributed by atoms with E-state index in [0.29, 0.717) is 41.0 Å². The van der Waals surface area contributed by atoms with Gasteiger partial charge in [-0.3, -0.25) is 4.79 Å². The Hall–Kier alpha value is -3.69. The van der Waals surface area contributed by atoms with E-state index in [9.17, 15) is 14.9 Å². The van der Waals surface area contributed by atoms with Crippen molar-refractivity contribution in [2.75, 3.05) is 20.3 Å². The summed E-state index contributed by atoms with van der Waals surface area (Å²) in [5.41, 5.74) is 4.30. The normalized spacial score (nSPS) is 10.5. The number of esters is 1. The molecule has 0 unspecified atom stereocenters. The van der Waals surface area contributed by atoms with Crippen molar-refractivity contribution in [3.8, 4) is 17.2 Å². The van der Waals surface area contributed by atoms with E-state index in [0.717, 1.165) is 11.4 Å². The topological polar surface area (TPSA) is 81.3 Å². The van der Waals surface area contributed by atoms with Gasteiger partial charge in [0.05, 0.1) is 23.8 Å². The number of nitrogens with zero attached hydrogens (tertiary/aromatic N) is 2. The first-order chi connectivity index (χ1) is 15.0. The molecule has 0 aliphatic carbocycles. The molecule has 3 aromatic rings. The first kappa shape index (κ1) is 22.0. The smallest absolute Gasteiger partial charge is 0.339 e. The summed E-state index contributed by atoms with van der Waals surface area (Å²) in [6, 6.07) is 17.9. The van der Waals surface area contributed by atoms with Crippen LogP contribution < -0.4 is 0 Å². The number of ether oxygens (including phenoxy) is 2. The summed E-state index contributed by atoms with van der Waals surface area (Å²) < 4.78 is 12.5. The zero-order valence-corrected chi connectivity index (χ0v) is 17.8. The number of benzene rings is 2. The number of Topliss-reactive ketones (excluding diaryl/α,β-unsaturated/α-hetero) is 1. The molecule has 0 spiro atoms. The first-order valence-electron chi connectivity index (χ1n) is 9.92. The van der Waals surface area contributed by atoms with E-state index in [1.807, 2.05) is 18.4 Å². The predicted octanol–water partition coefficient (Wildman–Crippen LogP) is 4.33. The van der Waals surface area contributed by atoms with Crippen molar-refractivity contribution in [2.24, 2.45) is 0 Å². The van der Waals surface area contributed by atoms with Gasteiger partial charge in [-0.15, -0.1) is 0 Å². The second-order valence-electron chi connectivity index (χ2n) is 7.13. The Morgan fingerprint density at radius 2 is 1.68 bits per heavy atom. The summed E-state index contributed by atoms with van der Waals surface area (Å²) >= 11 is 0. The lowest BCUT2D eigenvalue weighted by molar-refractivity contribution is 0.0475. The molecule has 0 aliphatic heterocycles. The van der Waals surface area contributed by atoms with Crippen LogP contribution in [0.1, 0.15) is 37.7 Å². The van der Waals surface area contributed by atoms with Gasteiger partial charge in [-0.2, -0.15) is 5.26 Å². The standard InChI is InChI=1S/C25H24N2O4/c1-17-14-23(18(2)27(17)12-13-30-3)24(28)16-31-25(29)22-11-7-6-10-21(22)20-9-5-4-8-19(20)15-26/h4-11,14H,12-13,16H2,1-3H3. The summed E-state index contributed by atoms with van der Waals surface area (Å²) in [5.74, 6) is -0.870. The van der Waals surface area contributed by atoms with Gasteiger partial charge in [0, 0.05) is 36.2 Å². The molecule has 6 nitrogen and oxygen atoms in total. The monoisotopic (exact) mass is 416 g/mol. The number of carbonyl (C=O) groups excluding carboxylic acids is 2. The highest BCUT2D eigenvalue weighted by Gasteiger charge is 2.20. The Labute approximate surface area is 181 Å². The van der Waals surface area contributed by atoms with Gasteiger partial charge in [-0.25, -0.2) is 4.79 Å². The molecular weight excluding hydrogens is 392 g/mol. The summed E-state index contributed by atoms with van der Waals surface area (Å²) in [5, 5.41) is 9.40. The lowest BCUT2D eigenvalue weighted by Crippen LogP contribution is -2.16. The largest absolute Gasteiger partial charge is 0.454 e. The van der Waals surface area contributed by atoms with Gasteiger partial charge in [-0.05, 0) is 37.6 Å². The number of rotatable bonds is 8. The maximum Gasteiger partial charge on any atom is 0.339 e. The third-order valence-electron chi connectivity index (χ3n) is 5.21. The van der Waals surface area contributed by atoms with Crippen molar-refractivity contribution in [3.63, 3.8) is 0 Å². The van der Waals surface area contributed by atoms with Crippen LogP contribution in [0.2, 0.25) is 0 Å². The third kappa shape index (κ3) is 4.73. The van der Waals surface area contributed by atoms with Crippen LogP contribution in [-0.4, -0.2) is 36.6 Å². The molecule has 0 saturated heterocycles. The first-order valence-corrected chi connectivity index (χ1v) is 9.92. The number of ketones is 1. The number of nitriles is 1. The Morgan fingerprint density at radius 1 is 1.00 bits per heavy atom. The van der Waals surface area contributed by atoms with Gasteiger partial charge in [0.1, 0.15) is 0 Å². The fourth-order valence-corrected chi connectivity index (χ4v) is 3.61. The molecule has 6 heteroatoms. The van der Waals surface area contributed by atoms with Gasteiger partial charge < -0.3 is 14.0 Å². The minimum absolute atomic E-state index is 0.264. The number of methoxy groups -OCH3 is 1. The van der Waals surface area contributed by atoms with Gasteiger partial charge in [-0.1, -0.05) is 36.4 Å². The van der Waals surface area contributed by atoms with Crippen LogP contribution in [0, 0.1) is 25.2 Å². The van der Waals surface area contributed by atoms with E-state index >= 15 is 0 Å². The summed E-state index contributed by atoms with van der Waals surface area (Å²) in [4.78, 5) is 25.5. The molecule has 158 valence electrons. The Kier molecular flexibility index (Phi) is 7.01. The molecule has 0 aliphatic rings. The van der Waals surface area contributed by atoms with Gasteiger partial charge in [0.25, 0.3) is 0 Å². The molecular formula is C25H24N2O4. The van der Waals surface area contributed by atoms with Crippen molar-refractivity contribution in [1.29, 1.82) is 5.26 Å². The summed E-state index contributed by atoms with van der Waals surface area (Å²) in [7, 11) is 1.63. The fourth-order valence-electron chi connectivity index (χ4n) is 3.61. The van der Waals surface area contributed by atoms with Crippen molar-refractivity contribution >= 4 is 11.8 Å². The van der Waals surface area contributed by atoms with E-state index in [1.54, 1.807) is 61.7 Å². The van der Waals surface area contributed by atoms with Crippen molar-refractivity contribution in [2.45, 2.75) is 20.4 Å². The number of hydrogen-bond donors (Lipinski definition) is 0. The molecule has 1 aromatic heterocycles. The molecule has 0 bridgehead atoms. The average Bonchev–Trinajstić information content (AvgIpc) is 3.09. The van der Waals surface area contributed by atoms with Crippen LogP contribution in [0.3, 0.4) is 0 Å². The SMILES string of the molecule is COCCn1c(C)cc(C(=O)COC(=O)c2ccccc2-c2ccccc2C#N)c1C. The zero-order valence-electron chi connectivity index (χ0n) is 17.8. The molecule has 3 rings (SSSR count). The summed E-state index contributed by atoms with van der Waals surface area (Å²) in [6.45, 7) is 4.62. The lowest BCUT2D eigenvalue weighted by atomic mass is 9.96. The fraction of sp³-hybridized carbons (Fsp3) is 0.240. The second-order valence-corrected chi connectivity index (χ2v) is 7.13. The highest BCUT2D eigenvalue weighted by molar-refractivity contribution is 6.02. The molecule has 0 fully saturated rings. The molecule has 2 aromatic carbocycles. The van der Waals surface area contributed by atoms with E-state index in [1.165, 1.54) is 0 Å². The minimum atomic E-state index is -0.607. The summed E-state index contributed by atoms with van der Waals surface area (Å²) in [6.07, 6.45) is 0.